The van der Waals surface area contributed by atoms with Crippen LogP contribution in [0.3, 0.4) is 0 Å². The number of rotatable bonds is 9. The van der Waals surface area contributed by atoms with Crippen LogP contribution in [0.4, 0.5) is 5.69 Å². The van der Waals surface area contributed by atoms with Crippen LogP contribution in [0.2, 0.25) is 0 Å². The number of carbonyl (C=O) groups excluding carboxylic acids is 1. The maximum Gasteiger partial charge on any atom is 0.261 e. The van der Waals surface area contributed by atoms with Crippen molar-refractivity contribution in [1.29, 1.82) is 0 Å². The number of ether oxygens (including phenoxy) is 1. The average Bonchev–Trinajstić information content (AvgIpc) is 2.75. The summed E-state index contributed by atoms with van der Waals surface area (Å²) in [7, 11) is -1.63. The molecule has 0 aliphatic carbocycles. The molecule has 1 amide bonds. The zero-order valence-electron chi connectivity index (χ0n) is 18.1. The summed E-state index contributed by atoms with van der Waals surface area (Å²) >= 11 is 0. The van der Waals surface area contributed by atoms with Crippen molar-refractivity contribution < 1.29 is 17.9 Å². The first-order valence-electron chi connectivity index (χ1n) is 10.7. The number of carbonyl (C=O) groups is 1. The second-order valence-electron chi connectivity index (χ2n) is 7.88. The Labute approximate surface area is 184 Å². The minimum atomic E-state index is -3.76. The topological polar surface area (TPSA) is 87.7 Å². The fourth-order valence-corrected chi connectivity index (χ4v) is 4.71. The normalized spacial score (nSPS) is 15.4. The molecule has 1 aliphatic heterocycles. The molecular formula is C23H31N3O4S. The zero-order chi connectivity index (χ0) is 22.3. The number of hydrogen-bond donors (Lipinski definition) is 2. The standard InChI is InChI=1S/C23H31N3O4S/c1-3-30-21-7-9-22(10-8-21)31(28,29)25-20-6-4-5-19(17-20)23(27)24-14-11-18-12-15-26(2)16-13-18/h4-10,17-18,25H,3,11-16H2,1-2H3,(H,24,27). The Morgan fingerprint density at radius 2 is 1.84 bits per heavy atom. The quantitative estimate of drug-likeness (QED) is 0.618. The van der Waals surface area contributed by atoms with Gasteiger partial charge in [0.15, 0.2) is 0 Å². The third kappa shape index (κ3) is 6.70. The minimum absolute atomic E-state index is 0.129. The van der Waals surface area contributed by atoms with Gasteiger partial charge in [-0.3, -0.25) is 9.52 Å². The molecule has 0 spiro atoms. The van der Waals surface area contributed by atoms with E-state index in [-0.39, 0.29) is 10.8 Å². The highest BCUT2D eigenvalue weighted by molar-refractivity contribution is 7.92. The Balaban J connectivity index is 1.56. The number of nitrogens with one attached hydrogen (secondary N) is 2. The van der Waals surface area contributed by atoms with Crippen molar-refractivity contribution in [3.05, 3.63) is 54.1 Å². The Bertz CT molecular complexity index is 969. The lowest BCUT2D eigenvalue weighted by atomic mass is 9.94. The highest BCUT2D eigenvalue weighted by atomic mass is 32.2. The van der Waals surface area contributed by atoms with Gasteiger partial charge in [-0.05, 0) is 94.7 Å². The summed E-state index contributed by atoms with van der Waals surface area (Å²) < 4.78 is 33.2. The summed E-state index contributed by atoms with van der Waals surface area (Å²) in [5.41, 5.74) is 0.770. The van der Waals surface area contributed by atoms with Gasteiger partial charge in [-0.1, -0.05) is 6.07 Å². The second kappa shape index (κ2) is 10.6. The molecule has 2 N–H and O–H groups in total. The maximum absolute atomic E-state index is 12.7. The summed E-state index contributed by atoms with van der Waals surface area (Å²) in [5, 5.41) is 2.95. The van der Waals surface area contributed by atoms with E-state index in [0.717, 1.165) is 32.4 Å². The molecule has 2 aromatic rings. The molecular weight excluding hydrogens is 414 g/mol. The molecule has 168 valence electrons. The van der Waals surface area contributed by atoms with Crippen molar-refractivity contribution in [2.75, 3.05) is 38.0 Å². The van der Waals surface area contributed by atoms with E-state index in [1.807, 2.05) is 6.92 Å². The molecule has 0 saturated carbocycles. The number of amides is 1. The molecule has 0 aromatic heterocycles. The Morgan fingerprint density at radius 1 is 1.13 bits per heavy atom. The molecule has 31 heavy (non-hydrogen) atoms. The third-order valence-electron chi connectivity index (χ3n) is 5.50. The average molecular weight is 446 g/mol. The van der Waals surface area contributed by atoms with Crippen LogP contribution in [0, 0.1) is 5.92 Å². The van der Waals surface area contributed by atoms with Crippen molar-refractivity contribution in [2.24, 2.45) is 5.92 Å². The van der Waals surface area contributed by atoms with E-state index < -0.39 is 10.0 Å². The lowest BCUT2D eigenvalue weighted by Gasteiger charge is -2.28. The molecule has 1 heterocycles. The van der Waals surface area contributed by atoms with Crippen LogP contribution in [0.25, 0.3) is 0 Å². The van der Waals surface area contributed by atoms with E-state index in [4.69, 9.17) is 4.74 Å². The lowest BCUT2D eigenvalue weighted by molar-refractivity contribution is 0.0949. The fourth-order valence-electron chi connectivity index (χ4n) is 3.66. The Hall–Kier alpha value is -2.58. The molecule has 3 rings (SSSR count). The number of piperidine rings is 1. The van der Waals surface area contributed by atoms with Crippen LogP contribution >= 0.6 is 0 Å². The van der Waals surface area contributed by atoms with Gasteiger partial charge in [-0.15, -0.1) is 0 Å². The lowest BCUT2D eigenvalue weighted by Crippen LogP contribution is -2.32. The number of likely N-dealkylation sites (tertiary alicyclic amines) is 1. The molecule has 8 heteroatoms. The van der Waals surface area contributed by atoms with Gasteiger partial charge in [-0.25, -0.2) is 8.42 Å². The summed E-state index contributed by atoms with van der Waals surface area (Å²) in [4.78, 5) is 15.0. The van der Waals surface area contributed by atoms with Crippen LogP contribution in [0.5, 0.6) is 5.75 Å². The van der Waals surface area contributed by atoms with Gasteiger partial charge in [0.2, 0.25) is 0 Å². The second-order valence-corrected chi connectivity index (χ2v) is 9.56. The first-order valence-corrected chi connectivity index (χ1v) is 12.2. The minimum Gasteiger partial charge on any atom is -0.494 e. The SMILES string of the molecule is CCOc1ccc(S(=O)(=O)Nc2cccc(C(=O)NCCC3CCN(C)CC3)c2)cc1. The zero-order valence-corrected chi connectivity index (χ0v) is 19.0. The van der Waals surface area contributed by atoms with Crippen LogP contribution in [-0.2, 0) is 10.0 Å². The summed E-state index contributed by atoms with van der Waals surface area (Å²) in [6.07, 6.45) is 3.29. The van der Waals surface area contributed by atoms with Gasteiger partial charge in [0.25, 0.3) is 15.9 Å². The van der Waals surface area contributed by atoms with Gasteiger partial charge < -0.3 is 15.0 Å². The first kappa shape index (κ1) is 23.1. The largest absolute Gasteiger partial charge is 0.494 e. The van der Waals surface area contributed by atoms with Crippen molar-refractivity contribution in [2.45, 2.75) is 31.1 Å². The van der Waals surface area contributed by atoms with Gasteiger partial charge in [-0.2, -0.15) is 0 Å². The number of hydrogen-bond acceptors (Lipinski definition) is 5. The van der Waals surface area contributed by atoms with Gasteiger partial charge in [0.1, 0.15) is 5.75 Å². The Kier molecular flexibility index (Phi) is 7.92. The molecule has 0 radical (unpaired) electrons. The third-order valence-corrected chi connectivity index (χ3v) is 6.90. The van der Waals surface area contributed by atoms with Crippen LogP contribution in [-0.4, -0.2) is 52.5 Å². The number of benzene rings is 2. The number of sulfonamides is 1. The van der Waals surface area contributed by atoms with E-state index in [1.165, 1.54) is 12.1 Å². The number of anilines is 1. The van der Waals surface area contributed by atoms with Crippen molar-refractivity contribution in [3.8, 4) is 5.75 Å². The van der Waals surface area contributed by atoms with Crippen molar-refractivity contribution >= 4 is 21.6 Å². The summed E-state index contributed by atoms with van der Waals surface area (Å²) in [5.74, 6) is 1.05. The monoisotopic (exact) mass is 445 g/mol. The van der Waals surface area contributed by atoms with E-state index in [1.54, 1.807) is 36.4 Å². The molecule has 2 aromatic carbocycles. The predicted octanol–water partition coefficient (Wildman–Crippen LogP) is 3.35. The first-order chi connectivity index (χ1) is 14.9. The Morgan fingerprint density at radius 3 is 2.52 bits per heavy atom. The summed E-state index contributed by atoms with van der Waals surface area (Å²) in [6.45, 7) is 5.21. The van der Waals surface area contributed by atoms with E-state index in [9.17, 15) is 13.2 Å². The molecule has 0 bridgehead atoms. The predicted molar refractivity (Wildman–Crippen MR) is 122 cm³/mol. The van der Waals surface area contributed by atoms with Crippen LogP contribution < -0.4 is 14.8 Å². The van der Waals surface area contributed by atoms with Gasteiger partial charge in [0.05, 0.1) is 11.5 Å². The molecule has 7 nitrogen and oxygen atoms in total. The molecule has 0 atom stereocenters. The molecule has 1 aliphatic rings. The van der Waals surface area contributed by atoms with Crippen molar-refractivity contribution in [1.82, 2.24) is 10.2 Å². The molecule has 1 saturated heterocycles. The van der Waals surface area contributed by atoms with E-state index in [2.05, 4.69) is 22.0 Å². The van der Waals surface area contributed by atoms with Crippen LogP contribution in [0.15, 0.2) is 53.4 Å². The smallest absolute Gasteiger partial charge is 0.261 e. The highest BCUT2D eigenvalue weighted by Crippen LogP contribution is 2.21. The van der Waals surface area contributed by atoms with Crippen LogP contribution in [0.1, 0.15) is 36.5 Å². The van der Waals surface area contributed by atoms with Gasteiger partial charge in [0, 0.05) is 17.8 Å². The van der Waals surface area contributed by atoms with Gasteiger partial charge >= 0.3 is 0 Å². The van der Waals surface area contributed by atoms with Crippen molar-refractivity contribution in [3.63, 3.8) is 0 Å². The van der Waals surface area contributed by atoms with E-state index >= 15 is 0 Å². The number of nitrogens with zero attached hydrogens (tertiary/aromatic N) is 1. The highest BCUT2D eigenvalue weighted by Gasteiger charge is 2.18. The maximum atomic E-state index is 12.7. The van der Waals surface area contributed by atoms with E-state index in [0.29, 0.717) is 36.1 Å². The fraction of sp³-hybridized carbons (Fsp3) is 0.435. The summed E-state index contributed by atoms with van der Waals surface area (Å²) in [6, 6.07) is 12.7. The molecule has 0 unspecified atom stereocenters. The molecule has 1 fully saturated rings.